The lowest BCUT2D eigenvalue weighted by atomic mass is 9.86. The van der Waals surface area contributed by atoms with Gasteiger partial charge in [0.05, 0.1) is 11.6 Å². The number of fused-ring (bicyclic) bond motifs is 1. The molecule has 1 N–H and O–H groups in total. The fraction of sp³-hybridized carbons (Fsp3) is 0.458. The summed E-state index contributed by atoms with van der Waals surface area (Å²) < 4.78 is 38.6. The molecule has 0 aromatic heterocycles. The van der Waals surface area contributed by atoms with E-state index in [9.17, 15) is 18.0 Å². The average Bonchev–Trinajstić information content (AvgIpc) is 2.77. The van der Waals surface area contributed by atoms with Crippen molar-refractivity contribution in [1.29, 1.82) is 0 Å². The molecule has 0 saturated carbocycles. The molecule has 1 atom stereocenters. The molecule has 2 aromatic rings. The monoisotopic (exact) mass is 416 g/mol. The van der Waals surface area contributed by atoms with Crippen LogP contribution in [0.3, 0.4) is 0 Å². The highest BCUT2D eigenvalue weighted by atomic mass is 19.4. The number of carbonyl (C=O) groups is 1. The maximum Gasteiger partial charge on any atom is 0.416 e. The van der Waals surface area contributed by atoms with Gasteiger partial charge in [-0.15, -0.1) is 0 Å². The van der Waals surface area contributed by atoms with Crippen LogP contribution in [0.1, 0.15) is 48.9 Å². The number of nitrogens with one attached hydrogen (secondary N) is 1. The second kappa shape index (κ2) is 8.42. The van der Waals surface area contributed by atoms with Gasteiger partial charge in [0, 0.05) is 12.5 Å². The SMILES string of the molecule is CCC1c2cc(-c3ccc(C(F)(F)F)cc3)ccc2CCN1C(=O)C1CCNCC1. The molecule has 1 fully saturated rings. The zero-order valence-electron chi connectivity index (χ0n) is 17.1. The first-order valence-corrected chi connectivity index (χ1v) is 10.7. The van der Waals surface area contributed by atoms with Crippen LogP contribution < -0.4 is 5.32 Å². The van der Waals surface area contributed by atoms with E-state index >= 15 is 0 Å². The van der Waals surface area contributed by atoms with Gasteiger partial charge < -0.3 is 10.2 Å². The first-order chi connectivity index (χ1) is 14.4. The molecule has 1 saturated heterocycles. The predicted octanol–water partition coefficient (Wildman–Crippen LogP) is 5.21. The fourth-order valence-electron chi connectivity index (χ4n) is 4.74. The van der Waals surface area contributed by atoms with Crippen molar-refractivity contribution >= 4 is 5.91 Å². The van der Waals surface area contributed by atoms with Gasteiger partial charge in [0.25, 0.3) is 0 Å². The van der Waals surface area contributed by atoms with E-state index in [-0.39, 0.29) is 17.9 Å². The van der Waals surface area contributed by atoms with Gasteiger partial charge in [-0.2, -0.15) is 13.2 Å². The second-order valence-corrected chi connectivity index (χ2v) is 8.22. The highest BCUT2D eigenvalue weighted by Crippen LogP contribution is 2.37. The molecule has 0 bridgehead atoms. The van der Waals surface area contributed by atoms with Crippen LogP contribution >= 0.6 is 0 Å². The quantitative estimate of drug-likeness (QED) is 0.745. The van der Waals surface area contributed by atoms with Crippen molar-refractivity contribution in [2.45, 2.75) is 44.8 Å². The minimum Gasteiger partial charge on any atom is -0.335 e. The smallest absolute Gasteiger partial charge is 0.335 e. The molecule has 2 aromatic carbocycles. The number of carbonyl (C=O) groups excluding carboxylic acids is 1. The van der Waals surface area contributed by atoms with Crippen LogP contribution in [0.5, 0.6) is 0 Å². The molecule has 160 valence electrons. The van der Waals surface area contributed by atoms with E-state index in [0.29, 0.717) is 0 Å². The standard InChI is InChI=1S/C24H27F3N2O/c1-2-22-21-15-19(16-5-7-20(8-6-16)24(25,26)27)4-3-17(21)11-14-29(22)23(30)18-9-12-28-13-10-18/h3-8,15,18,22,28H,2,9-14H2,1H3. The maximum absolute atomic E-state index is 13.2. The van der Waals surface area contributed by atoms with Crippen molar-refractivity contribution in [2.75, 3.05) is 19.6 Å². The molecule has 0 spiro atoms. The van der Waals surface area contributed by atoms with E-state index in [1.807, 2.05) is 11.0 Å². The Bertz CT molecular complexity index is 902. The fourth-order valence-corrected chi connectivity index (χ4v) is 4.74. The van der Waals surface area contributed by atoms with Crippen molar-refractivity contribution in [1.82, 2.24) is 10.2 Å². The third-order valence-electron chi connectivity index (χ3n) is 6.41. The van der Waals surface area contributed by atoms with E-state index in [2.05, 4.69) is 24.4 Å². The van der Waals surface area contributed by atoms with Crippen LogP contribution in [-0.4, -0.2) is 30.4 Å². The number of hydrogen-bond donors (Lipinski definition) is 1. The molecule has 6 heteroatoms. The molecular weight excluding hydrogens is 389 g/mol. The molecule has 4 rings (SSSR count). The van der Waals surface area contributed by atoms with E-state index in [1.54, 1.807) is 0 Å². The Kier molecular flexibility index (Phi) is 5.87. The second-order valence-electron chi connectivity index (χ2n) is 8.22. The summed E-state index contributed by atoms with van der Waals surface area (Å²) in [5, 5.41) is 3.31. The van der Waals surface area contributed by atoms with Gasteiger partial charge >= 0.3 is 6.18 Å². The lowest BCUT2D eigenvalue weighted by Crippen LogP contribution is -2.45. The van der Waals surface area contributed by atoms with Crippen molar-refractivity contribution in [3.63, 3.8) is 0 Å². The first-order valence-electron chi connectivity index (χ1n) is 10.7. The van der Waals surface area contributed by atoms with Crippen molar-refractivity contribution in [3.8, 4) is 11.1 Å². The van der Waals surface area contributed by atoms with Gasteiger partial charge in [0.15, 0.2) is 0 Å². The van der Waals surface area contributed by atoms with Crippen LogP contribution in [0, 0.1) is 5.92 Å². The summed E-state index contributed by atoms with van der Waals surface area (Å²) in [7, 11) is 0. The van der Waals surface area contributed by atoms with Crippen LogP contribution in [-0.2, 0) is 17.4 Å². The Morgan fingerprint density at radius 2 is 1.73 bits per heavy atom. The van der Waals surface area contributed by atoms with E-state index in [0.717, 1.165) is 74.1 Å². The van der Waals surface area contributed by atoms with Crippen LogP contribution in [0.25, 0.3) is 11.1 Å². The number of benzene rings is 2. The van der Waals surface area contributed by atoms with Gasteiger partial charge in [-0.05, 0) is 79.2 Å². The minimum absolute atomic E-state index is 0.0190. The molecule has 2 heterocycles. The summed E-state index contributed by atoms with van der Waals surface area (Å²) in [5.74, 6) is 0.328. The molecule has 0 radical (unpaired) electrons. The highest BCUT2D eigenvalue weighted by Gasteiger charge is 2.34. The van der Waals surface area contributed by atoms with Gasteiger partial charge in [-0.3, -0.25) is 4.79 Å². The van der Waals surface area contributed by atoms with E-state index < -0.39 is 11.7 Å². The zero-order valence-corrected chi connectivity index (χ0v) is 17.1. The van der Waals surface area contributed by atoms with Gasteiger partial charge in [0.2, 0.25) is 5.91 Å². The minimum atomic E-state index is -4.34. The van der Waals surface area contributed by atoms with Crippen LogP contribution in [0.15, 0.2) is 42.5 Å². The van der Waals surface area contributed by atoms with Crippen molar-refractivity contribution in [2.24, 2.45) is 5.92 Å². The number of alkyl halides is 3. The lowest BCUT2D eigenvalue weighted by molar-refractivity contribution is -0.139. The van der Waals surface area contributed by atoms with E-state index in [4.69, 9.17) is 0 Å². The summed E-state index contributed by atoms with van der Waals surface area (Å²) in [5.41, 5.74) is 3.35. The Morgan fingerprint density at radius 3 is 2.37 bits per heavy atom. The summed E-state index contributed by atoms with van der Waals surface area (Å²) in [4.78, 5) is 15.2. The van der Waals surface area contributed by atoms with Gasteiger partial charge in [-0.25, -0.2) is 0 Å². The molecule has 1 amide bonds. The summed E-state index contributed by atoms with van der Waals surface area (Å²) >= 11 is 0. The average molecular weight is 416 g/mol. The third kappa shape index (κ3) is 4.10. The molecule has 1 unspecified atom stereocenters. The Balaban J connectivity index is 1.62. The predicted molar refractivity (Wildman–Crippen MR) is 111 cm³/mol. The first kappa shape index (κ1) is 20.9. The third-order valence-corrected chi connectivity index (χ3v) is 6.41. The zero-order chi connectivity index (χ0) is 21.3. The number of hydrogen-bond acceptors (Lipinski definition) is 2. The summed E-state index contributed by atoms with van der Waals surface area (Å²) in [6.45, 7) is 4.59. The topological polar surface area (TPSA) is 32.3 Å². The largest absolute Gasteiger partial charge is 0.416 e. The Labute approximate surface area is 175 Å². The van der Waals surface area contributed by atoms with Crippen LogP contribution in [0.4, 0.5) is 13.2 Å². The maximum atomic E-state index is 13.2. The molecule has 3 nitrogen and oxygen atoms in total. The molecule has 30 heavy (non-hydrogen) atoms. The number of nitrogens with zero attached hydrogens (tertiary/aromatic N) is 1. The number of piperidine rings is 1. The van der Waals surface area contributed by atoms with Gasteiger partial charge in [0.1, 0.15) is 0 Å². The number of halogens is 3. The van der Waals surface area contributed by atoms with Crippen molar-refractivity contribution < 1.29 is 18.0 Å². The summed E-state index contributed by atoms with van der Waals surface area (Å²) in [6, 6.07) is 11.4. The molecule has 0 aliphatic carbocycles. The lowest BCUT2D eigenvalue weighted by Gasteiger charge is -2.40. The Hall–Kier alpha value is -2.34. The van der Waals surface area contributed by atoms with Gasteiger partial charge in [-0.1, -0.05) is 31.2 Å². The molecule has 2 aliphatic heterocycles. The Morgan fingerprint density at radius 1 is 1.07 bits per heavy atom. The van der Waals surface area contributed by atoms with Crippen molar-refractivity contribution in [3.05, 3.63) is 59.2 Å². The molecular formula is C24H27F3N2O. The number of rotatable bonds is 3. The highest BCUT2D eigenvalue weighted by molar-refractivity contribution is 5.80. The molecule has 2 aliphatic rings. The van der Waals surface area contributed by atoms with E-state index in [1.165, 1.54) is 17.7 Å². The van der Waals surface area contributed by atoms with Crippen LogP contribution in [0.2, 0.25) is 0 Å². The summed E-state index contributed by atoms with van der Waals surface area (Å²) in [6.07, 6.45) is -0.943. The normalized spacial score (nSPS) is 20.1. The number of amides is 1.